The zero-order chi connectivity index (χ0) is 20.2. The van der Waals surface area contributed by atoms with E-state index < -0.39 is 0 Å². The third-order valence-electron chi connectivity index (χ3n) is 5.58. The molecule has 1 N–H and O–H groups in total. The Morgan fingerprint density at radius 1 is 1.34 bits per heavy atom. The number of rotatable bonds is 8. The van der Waals surface area contributed by atoms with Crippen LogP contribution in [0.15, 0.2) is 24.4 Å². The van der Waals surface area contributed by atoms with Gasteiger partial charge >= 0.3 is 0 Å². The molecule has 1 fully saturated rings. The predicted molar refractivity (Wildman–Crippen MR) is 117 cm³/mol. The molecule has 1 aromatic carbocycles. The van der Waals surface area contributed by atoms with Gasteiger partial charge in [0, 0.05) is 43.4 Å². The average molecular weight is 435 g/mol. The van der Waals surface area contributed by atoms with Crippen molar-refractivity contribution in [2.24, 2.45) is 5.92 Å². The molecule has 0 bridgehead atoms. The van der Waals surface area contributed by atoms with Crippen LogP contribution >= 0.6 is 23.1 Å². The Hall–Kier alpha value is -1.51. The second-order valence-electron chi connectivity index (χ2n) is 7.49. The Bertz CT molecular complexity index is 951. The van der Waals surface area contributed by atoms with Gasteiger partial charge in [-0.15, -0.1) is 0 Å². The van der Waals surface area contributed by atoms with E-state index in [1.54, 1.807) is 0 Å². The van der Waals surface area contributed by atoms with Crippen LogP contribution in [0, 0.1) is 5.92 Å². The van der Waals surface area contributed by atoms with Crippen molar-refractivity contribution < 1.29 is 9.84 Å². The monoisotopic (exact) mass is 434 g/mol. The maximum Gasteiger partial charge on any atom is 0.175 e. The number of aliphatic hydroxyl groups is 1. The lowest BCUT2D eigenvalue weighted by Crippen LogP contribution is -2.25. The molecule has 0 amide bonds. The third kappa shape index (κ3) is 4.64. The number of fused-ring (bicyclic) bond motifs is 1. The number of halogens is 1. The Morgan fingerprint density at radius 3 is 2.93 bits per heavy atom. The molecule has 0 aliphatic carbocycles. The third-order valence-corrected chi connectivity index (χ3v) is 6.58. The molecule has 6 nitrogen and oxygen atoms in total. The molecule has 0 radical (unpaired) electrons. The molecule has 0 unspecified atom stereocenters. The molecule has 0 atom stereocenters. The van der Waals surface area contributed by atoms with E-state index in [4.69, 9.17) is 21.3 Å². The van der Waals surface area contributed by atoms with Crippen molar-refractivity contribution >= 4 is 34.0 Å². The van der Waals surface area contributed by atoms with Gasteiger partial charge in [0.1, 0.15) is 5.01 Å². The number of benzene rings is 1. The van der Waals surface area contributed by atoms with E-state index in [-0.39, 0.29) is 6.61 Å². The predicted octanol–water partition coefficient (Wildman–Crippen LogP) is 4.05. The summed E-state index contributed by atoms with van der Waals surface area (Å²) in [6.07, 6.45) is 4.32. The van der Waals surface area contributed by atoms with E-state index in [2.05, 4.69) is 33.0 Å². The lowest BCUT2D eigenvalue weighted by atomic mass is 10.0. The summed E-state index contributed by atoms with van der Waals surface area (Å²) in [6.45, 7) is 7.06. The fourth-order valence-corrected chi connectivity index (χ4v) is 4.94. The number of likely N-dealkylation sites (N-methyl/N-ethyl adjacent to an activating group) is 1. The van der Waals surface area contributed by atoms with Gasteiger partial charge in [0.2, 0.25) is 0 Å². The highest BCUT2D eigenvalue weighted by molar-refractivity contribution is 7.05. The fraction of sp³-hybridized carbons (Fsp3) is 0.524. The first kappa shape index (κ1) is 20.8. The van der Waals surface area contributed by atoms with Gasteiger partial charge < -0.3 is 14.4 Å². The number of nitrogens with zero attached hydrogens (tertiary/aromatic N) is 4. The number of hydrogen-bond donors (Lipinski definition) is 1. The number of para-hydroxylation sites is 1. The SMILES string of the molecule is CCN(CCO)Cc1nc(-c2cn(CC3CCOCC3)c3c(Cl)cccc23)ns1. The Balaban J connectivity index is 1.65. The van der Waals surface area contributed by atoms with E-state index >= 15 is 0 Å². The summed E-state index contributed by atoms with van der Waals surface area (Å²) in [5.74, 6) is 1.35. The molecule has 156 valence electrons. The summed E-state index contributed by atoms with van der Waals surface area (Å²) in [4.78, 5) is 6.96. The van der Waals surface area contributed by atoms with Gasteiger partial charge in [-0.2, -0.15) is 4.37 Å². The molecule has 0 saturated carbocycles. The highest BCUT2D eigenvalue weighted by Gasteiger charge is 2.20. The van der Waals surface area contributed by atoms with E-state index in [1.165, 1.54) is 11.5 Å². The highest BCUT2D eigenvalue weighted by Crippen LogP contribution is 2.35. The Labute approximate surface area is 180 Å². The largest absolute Gasteiger partial charge is 0.395 e. The van der Waals surface area contributed by atoms with Gasteiger partial charge in [-0.05, 0) is 42.9 Å². The summed E-state index contributed by atoms with van der Waals surface area (Å²) in [5, 5.41) is 12.0. The molecule has 8 heteroatoms. The summed E-state index contributed by atoms with van der Waals surface area (Å²) in [7, 11) is 0. The molecule has 0 spiro atoms. The van der Waals surface area contributed by atoms with Crippen LogP contribution in [0.5, 0.6) is 0 Å². The maximum absolute atomic E-state index is 9.21. The van der Waals surface area contributed by atoms with E-state index in [1.807, 2.05) is 12.1 Å². The smallest absolute Gasteiger partial charge is 0.175 e. The van der Waals surface area contributed by atoms with Crippen molar-refractivity contribution in [3.05, 3.63) is 34.4 Å². The molecule has 4 rings (SSSR count). The first-order valence-corrected chi connectivity index (χ1v) is 11.4. The van der Waals surface area contributed by atoms with Crippen molar-refractivity contribution in [1.82, 2.24) is 18.8 Å². The summed E-state index contributed by atoms with van der Waals surface area (Å²) in [6, 6.07) is 6.03. The van der Waals surface area contributed by atoms with Crippen molar-refractivity contribution in [1.29, 1.82) is 0 Å². The molecule has 1 saturated heterocycles. The summed E-state index contributed by atoms with van der Waals surface area (Å²) in [5.41, 5.74) is 2.09. The zero-order valence-corrected chi connectivity index (χ0v) is 18.3. The minimum absolute atomic E-state index is 0.150. The van der Waals surface area contributed by atoms with Gasteiger partial charge in [-0.3, -0.25) is 4.90 Å². The molecule has 1 aliphatic rings. The van der Waals surface area contributed by atoms with E-state index in [0.29, 0.717) is 19.0 Å². The van der Waals surface area contributed by atoms with Crippen LogP contribution in [-0.4, -0.2) is 56.8 Å². The van der Waals surface area contributed by atoms with Crippen LogP contribution in [0.2, 0.25) is 5.02 Å². The second kappa shape index (κ2) is 9.53. The lowest BCUT2D eigenvalue weighted by Gasteiger charge is -2.23. The van der Waals surface area contributed by atoms with Crippen LogP contribution in [0.25, 0.3) is 22.3 Å². The minimum atomic E-state index is 0.150. The van der Waals surface area contributed by atoms with Crippen molar-refractivity contribution in [2.75, 3.05) is 32.9 Å². The summed E-state index contributed by atoms with van der Waals surface area (Å²) >= 11 is 8.02. The fourth-order valence-electron chi connectivity index (χ4n) is 3.95. The molecule has 29 heavy (non-hydrogen) atoms. The summed E-state index contributed by atoms with van der Waals surface area (Å²) < 4.78 is 12.4. The first-order valence-electron chi connectivity index (χ1n) is 10.2. The van der Waals surface area contributed by atoms with Crippen LogP contribution in [0.4, 0.5) is 0 Å². The molecule has 1 aliphatic heterocycles. The van der Waals surface area contributed by atoms with E-state index in [0.717, 1.165) is 71.5 Å². The quantitative estimate of drug-likeness (QED) is 0.579. The van der Waals surface area contributed by atoms with E-state index in [9.17, 15) is 5.11 Å². The Morgan fingerprint density at radius 2 is 2.17 bits per heavy atom. The van der Waals surface area contributed by atoms with Crippen molar-refractivity contribution in [3.8, 4) is 11.4 Å². The highest BCUT2D eigenvalue weighted by atomic mass is 35.5. The molecule has 3 heterocycles. The maximum atomic E-state index is 9.21. The number of aromatic nitrogens is 3. The molecular formula is C21H27ClN4O2S. The van der Waals surface area contributed by atoms with Gasteiger partial charge in [0.25, 0.3) is 0 Å². The minimum Gasteiger partial charge on any atom is -0.395 e. The Kier molecular flexibility index (Phi) is 6.82. The van der Waals surface area contributed by atoms with Crippen LogP contribution < -0.4 is 0 Å². The topological polar surface area (TPSA) is 63.4 Å². The lowest BCUT2D eigenvalue weighted by molar-refractivity contribution is 0.0616. The van der Waals surface area contributed by atoms with Crippen molar-refractivity contribution in [2.45, 2.75) is 32.9 Å². The second-order valence-corrected chi connectivity index (χ2v) is 8.73. The molecule has 2 aromatic heterocycles. The van der Waals surface area contributed by atoms with Gasteiger partial charge in [-0.1, -0.05) is 30.7 Å². The van der Waals surface area contributed by atoms with Crippen LogP contribution in [0.1, 0.15) is 24.8 Å². The molecule has 3 aromatic rings. The number of hydrogen-bond acceptors (Lipinski definition) is 6. The first-order chi connectivity index (χ1) is 14.2. The van der Waals surface area contributed by atoms with Crippen LogP contribution in [0.3, 0.4) is 0 Å². The standard InChI is InChI=1S/C21H27ClN4O2S/c1-2-25(8-9-27)14-19-23-21(24-29-19)17-13-26(12-15-6-10-28-11-7-15)20-16(17)4-3-5-18(20)22/h3-5,13,15,27H,2,6-12,14H2,1H3. The van der Waals surface area contributed by atoms with Crippen molar-refractivity contribution in [3.63, 3.8) is 0 Å². The average Bonchev–Trinajstić information content (AvgIpc) is 3.34. The zero-order valence-electron chi connectivity index (χ0n) is 16.7. The number of ether oxygens (including phenoxy) is 1. The van der Waals surface area contributed by atoms with Gasteiger partial charge in [0.15, 0.2) is 5.82 Å². The number of aliphatic hydroxyl groups excluding tert-OH is 1. The van der Waals surface area contributed by atoms with Gasteiger partial charge in [0.05, 0.1) is 23.7 Å². The normalized spacial score (nSPS) is 15.6. The van der Waals surface area contributed by atoms with Gasteiger partial charge in [-0.25, -0.2) is 4.98 Å². The molecular weight excluding hydrogens is 408 g/mol. The van der Waals surface area contributed by atoms with Crippen LogP contribution in [-0.2, 0) is 17.8 Å².